The Labute approximate surface area is 116 Å². The second-order valence-electron chi connectivity index (χ2n) is 3.91. The van der Waals surface area contributed by atoms with Crippen molar-refractivity contribution in [2.45, 2.75) is 19.4 Å². The van der Waals surface area contributed by atoms with Crippen LogP contribution in [0.25, 0.3) is 0 Å². The van der Waals surface area contributed by atoms with Crippen molar-refractivity contribution in [2.24, 2.45) is 10.8 Å². The van der Waals surface area contributed by atoms with Crippen molar-refractivity contribution in [3.8, 4) is 0 Å². The zero-order valence-corrected chi connectivity index (χ0v) is 11.5. The Morgan fingerprint density at radius 2 is 2.21 bits per heavy atom. The Hall–Kier alpha value is -1.92. The van der Waals surface area contributed by atoms with E-state index in [0.717, 1.165) is 17.1 Å². The minimum absolute atomic E-state index is 0.0160. The first-order chi connectivity index (χ1) is 9.33. The summed E-state index contributed by atoms with van der Waals surface area (Å²) in [6.07, 6.45) is 2.66. The molecule has 1 heterocycles. The van der Waals surface area contributed by atoms with Crippen LogP contribution in [0, 0.1) is 0 Å². The standard InChI is InChI=1S/C13H17N5S/c1-2-11(12-15-8-9-19-12)17-13(18-14)16-10-6-4-3-5-7-10/h3-9,11H,2,14H2,1H3,(H2,16,17,18). The first kappa shape index (κ1) is 13.5. The number of nitrogens with zero attached hydrogens (tertiary/aromatic N) is 2. The molecule has 0 saturated carbocycles. The van der Waals surface area contributed by atoms with E-state index in [1.54, 1.807) is 17.5 Å². The molecule has 100 valence electrons. The van der Waals surface area contributed by atoms with E-state index >= 15 is 0 Å². The van der Waals surface area contributed by atoms with E-state index in [1.165, 1.54) is 0 Å². The number of hydrogen-bond donors (Lipinski definition) is 3. The lowest BCUT2D eigenvalue weighted by Crippen LogP contribution is -2.36. The monoisotopic (exact) mass is 275 g/mol. The van der Waals surface area contributed by atoms with Crippen LogP contribution in [0.3, 0.4) is 0 Å². The van der Waals surface area contributed by atoms with Gasteiger partial charge in [0.15, 0.2) is 0 Å². The molecule has 0 aliphatic rings. The lowest BCUT2D eigenvalue weighted by molar-refractivity contribution is 0.689. The highest BCUT2D eigenvalue weighted by molar-refractivity contribution is 7.09. The van der Waals surface area contributed by atoms with Crippen molar-refractivity contribution in [1.29, 1.82) is 0 Å². The van der Waals surface area contributed by atoms with Gasteiger partial charge >= 0.3 is 0 Å². The number of hydrazine groups is 1. The van der Waals surface area contributed by atoms with Crippen molar-refractivity contribution in [1.82, 2.24) is 10.4 Å². The fraction of sp³-hybridized carbons (Fsp3) is 0.231. The van der Waals surface area contributed by atoms with E-state index in [4.69, 9.17) is 5.84 Å². The minimum atomic E-state index is 0.0160. The molecule has 1 unspecified atom stereocenters. The predicted octanol–water partition coefficient (Wildman–Crippen LogP) is 2.53. The Kier molecular flexibility index (Phi) is 4.88. The summed E-state index contributed by atoms with van der Waals surface area (Å²) < 4.78 is 0. The number of guanidine groups is 1. The number of hydrogen-bond acceptors (Lipinski definition) is 4. The molecule has 0 aliphatic carbocycles. The molecule has 0 spiro atoms. The van der Waals surface area contributed by atoms with E-state index < -0.39 is 0 Å². The number of benzene rings is 1. The summed E-state index contributed by atoms with van der Waals surface area (Å²) in [6.45, 7) is 2.08. The quantitative estimate of drug-likeness (QED) is 0.347. The maximum Gasteiger partial charge on any atom is 0.210 e. The summed E-state index contributed by atoms with van der Waals surface area (Å²) in [5.41, 5.74) is 3.53. The molecule has 19 heavy (non-hydrogen) atoms. The summed E-state index contributed by atoms with van der Waals surface area (Å²) in [5, 5.41) is 6.09. The van der Waals surface area contributed by atoms with Crippen LogP contribution in [-0.2, 0) is 0 Å². The fourth-order valence-electron chi connectivity index (χ4n) is 1.64. The minimum Gasteiger partial charge on any atom is -0.325 e. The van der Waals surface area contributed by atoms with Gasteiger partial charge in [-0.1, -0.05) is 25.1 Å². The molecule has 1 aromatic heterocycles. The maximum absolute atomic E-state index is 5.52. The van der Waals surface area contributed by atoms with E-state index in [-0.39, 0.29) is 6.04 Å². The summed E-state index contributed by atoms with van der Waals surface area (Å²) in [7, 11) is 0. The largest absolute Gasteiger partial charge is 0.325 e. The number of thiazole rings is 1. The average Bonchev–Trinajstić information content (AvgIpc) is 2.98. The molecule has 1 aromatic carbocycles. The van der Waals surface area contributed by atoms with Crippen LogP contribution < -0.4 is 16.6 Å². The summed E-state index contributed by atoms with van der Waals surface area (Å²) in [5.74, 6) is 6.05. The predicted molar refractivity (Wildman–Crippen MR) is 80.0 cm³/mol. The van der Waals surface area contributed by atoms with Crippen LogP contribution in [0.15, 0.2) is 46.9 Å². The summed E-state index contributed by atoms with van der Waals surface area (Å²) >= 11 is 1.60. The Balaban J connectivity index is 2.13. The van der Waals surface area contributed by atoms with Crippen molar-refractivity contribution in [2.75, 3.05) is 5.32 Å². The molecule has 0 amide bonds. The number of aliphatic imine (C=N–C) groups is 1. The van der Waals surface area contributed by atoms with Gasteiger partial charge < -0.3 is 5.32 Å². The highest BCUT2D eigenvalue weighted by Gasteiger charge is 2.11. The van der Waals surface area contributed by atoms with Crippen molar-refractivity contribution in [3.63, 3.8) is 0 Å². The Morgan fingerprint density at radius 1 is 1.42 bits per heavy atom. The van der Waals surface area contributed by atoms with Gasteiger partial charge in [0.05, 0.1) is 0 Å². The van der Waals surface area contributed by atoms with Gasteiger partial charge in [0, 0.05) is 17.3 Å². The van der Waals surface area contributed by atoms with Crippen LogP contribution in [0.5, 0.6) is 0 Å². The smallest absolute Gasteiger partial charge is 0.210 e. The highest BCUT2D eigenvalue weighted by atomic mass is 32.1. The van der Waals surface area contributed by atoms with Crippen LogP contribution in [-0.4, -0.2) is 10.9 Å². The molecule has 0 fully saturated rings. The van der Waals surface area contributed by atoms with Crippen molar-refractivity contribution in [3.05, 3.63) is 46.9 Å². The van der Waals surface area contributed by atoms with E-state index in [2.05, 4.69) is 27.6 Å². The average molecular weight is 275 g/mol. The molecule has 5 nitrogen and oxygen atoms in total. The molecular weight excluding hydrogens is 258 g/mol. The van der Waals surface area contributed by atoms with Gasteiger partial charge in [-0.2, -0.15) is 0 Å². The zero-order chi connectivity index (χ0) is 13.5. The number of nitrogens with two attached hydrogens (primary N) is 1. The highest BCUT2D eigenvalue weighted by Crippen LogP contribution is 2.22. The lowest BCUT2D eigenvalue weighted by Gasteiger charge is -2.12. The summed E-state index contributed by atoms with van der Waals surface area (Å²) in [4.78, 5) is 8.87. The molecule has 0 aliphatic heterocycles. The van der Waals surface area contributed by atoms with Crippen LogP contribution >= 0.6 is 11.3 Å². The second kappa shape index (κ2) is 6.86. The van der Waals surface area contributed by atoms with Gasteiger partial charge in [-0.25, -0.2) is 15.8 Å². The number of nitrogens with one attached hydrogen (secondary N) is 2. The number of anilines is 1. The third-order valence-corrected chi connectivity index (χ3v) is 3.46. The lowest BCUT2D eigenvalue weighted by atomic mass is 10.2. The van der Waals surface area contributed by atoms with Crippen molar-refractivity contribution >= 4 is 23.0 Å². The van der Waals surface area contributed by atoms with Gasteiger partial charge in [0.25, 0.3) is 0 Å². The molecule has 0 bridgehead atoms. The van der Waals surface area contributed by atoms with E-state index in [0.29, 0.717) is 5.96 Å². The fourth-order valence-corrected chi connectivity index (χ4v) is 2.40. The van der Waals surface area contributed by atoms with E-state index in [1.807, 2.05) is 35.7 Å². The van der Waals surface area contributed by atoms with E-state index in [9.17, 15) is 0 Å². The normalized spacial score (nSPS) is 13.1. The number of rotatable bonds is 4. The van der Waals surface area contributed by atoms with Crippen LogP contribution in [0.4, 0.5) is 5.69 Å². The molecule has 0 radical (unpaired) electrons. The molecular formula is C13H17N5S. The molecule has 6 heteroatoms. The van der Waals surface area contributed by atoms with Gasteiger partial charge in [-0.05, 0) is 18.6 Å². The van der Waals surface area contributed by atoms with Crippen LogP contribution in [0.1, 0.15) is 24.4 Å². The SMILES string of the molecule is CCC(N=C(NN)Nc1ccccc1)c1nccs1. The maximum atomic E-state index is 5.52. The molecule has 4 N–H and O–H groups in total. The first-order valence-corrected chi connectivity index (χ1v) is 6.97. The third-order valence-electron chi connectivity index (χ3n) is 2.58. The Morgan fingerprint density at radius 3 is 2.79 bits per heavy atom. The zero-order valence-electron chi connectivity index (χ0n) is 10.7. The van der Waals surface area contributed by atoms with Crippen LogP contribution in [0.2, 0.25) is 0 Å². The second-order valence-corrected chi connectivity index (χ2v) is 4.83. The molecule has 2 rings (SSSR count). The molecule has 1 atom stereocenters. The molecule has 0 saturated heterocycles. The van der Waals surface area contributed by atoms with Gasteiger partial charge in [0.1, 0.15) is 11.0 Å². The van der Waals surface area contributed by atoms with Gasteiger partial charge in [-0.3, -0.25) is 5.43 Å². The number of aromatic nitrogens is 1. The number of para-hydroxylation sites is 1. The third kappa shape index (κ3) is 3.77. The summed E-state index contributed by atoms with van der Waals surface area (Å²) in [6, 6.07) is 9.79. The molecule has 2 aromatic rings. The topological polar surface area (TPSA) is 75.3 Å². The first-order valence-electron chi connectivity index (χ1n) is 6.09. The van der Waals surface area contributed by atoms with Gasteiger partial charge in [-0.15, -0.1) is 11.3 Å². The van der Waals surface area contributed by atoms with Crippen molar-refractivity contribution < 1.29 is 0 Å². The van der Waals surface area contributed by atoms with Gasteiger partial charge in [0.2, 0.25) is 5.96 Å². The Bertz CT molecular complexity index is 509.